The monoisotopic (exact) mass is 530 g/mol. The summed E-state index contributed by atoms with van der Waals surface area (Å²) in [6, 6.07) is 18.3. The first-order chi connectivity index (χ1) is 16.7. The number of aryl methyl sites for hydroxylation is 1. The third-order valence-corrected chi connectivity index (χ3v) is 7.40. The number of nitrogens with one attached hydrogen (secondary N) is 2. The lowest BCUT2D eigenvalue weighted by Crippen LogP contribution is -2.13. The van der Waals surface area contributed by atoms with Crippen molar-refractivity contribution < 1.29 is 22.7 Å². The van der Waals surface area contributed by atoms with Crippen LogP contribution in [-0.4, -0.2) is 31.6 Å². The Kier molecular flexibility index (Phi) is 7.20. The quantitative estimate of drug-likeness (QED) is 0.294. The lowest BCUT2D eigenvalue weighted by Gasteiger charge is -2.13. The highest BCUT2D eigenvalue weighted by Crippen LogP contribution is 2.35. The highest BCUT2D eigenvalue weighted by Gasteiger charge is 2.23. The molecule has 0 aliphatic heterocycles. The molecular formula is C23H19ClN4O5S2. The molecule has 0 aliphatic rings. The van der Waals surface area contributed by atoms with Gasteiger partial charge in [0, 0.05) is 16.7 Å². The second-order valence-corrected chi connectivity index (χ2v) is 10.5. The SMILES string of the molecule is COc1cccc(Oc2ccc(Cl)cc2NS(=O)(=O)c2nnc(NC(=O)c3cccc(C)c3)s2)c1. The van der Waals surface area contributed by atoms with Gasteiger partial charge in [0.25, 0.3) is 20.3 Å². The van der Waals surface area contributed by atoms with Crippen molar-refractivity contribution in [3.63, 3.8) is 0 Å². The molecule has 1 aromatic heterocycles. The summed E-state index contributed by atoms with van der Waals surface area (Å²) < 4.78 is 39.1. The van der Waals surface area contributed by atoms with Gasteiger partial charge in [-0.2, -0.15) is 8.42 Å². The average Bonchev–Trinajstić information content (AvgIpc) is 3.30. The zero-order valence-electron chi connectivity index (χ0n) is 18.5. The maximum atomic E-state index is 13.0. The molecule has 2 N–H and O–H groups in total. The Balaban J connectivity index is 1.54. The molecule has 0 atom stereocenters. The summed E-state index contributed by atoms with van der Waals surface area (Å²) in [7, 11) is -2.64. The second kappa shape index (κ2) is 10.3. The topological polar surface area (TPSA) is 120 Å². The predicted octanol–water partition coefficient (Wildman–Crippen LogP) is 5.35. The highest BCUT2D eigenvalue weighted by atomic mass is 35.5. The van der Waals surface area contributed by atoms with Gasteiger partial charge in [-0.3, -0.25) is 14.8 Å². The van der Waals surface area contributed by atoms with E-state index in [4.69, 9.17) is 21.1 Å². The zero-order chi connectivity index (χ0) is 25.0. The molecule has 1 amide bonds. The molecule has 0 unspecified atom stereocenters. The van der Waals surface area contributed by atoms with Crippen molar-refractivity contribution in [2.75, 3.05) is 17.1 Å². The normalized spacial score (nSPS) is 11.1. The molecule has 4 rings (SSSR count). The molecule has 180 valence electrons. The number of halogens is 1. The molecule has 4 aromatic rings. The minimum atomic E-state index is -4.16. The molecule has 0 saturated heterocycles. The number of ether oxygens (including phenoxy) is 2. The van der Waals surface area contributed by atoms with Gasteiger partial charge in [-0.25, -0.2) is 0 Å². The van der Waals surface area contributed by atoms with Crippen LogP contribution in [0.15, 0.2) is 71.1 Å². The van der Waals surface area contributed by atoms with Gasteiger partial charge in [-0.15, -0.1) is 10.2 Å². The Hall–Kier alpha value is -3.67. The number of methoxy groups -OCH3 is 1. The number of rotatable bonds is 8. The Morgan fingerprint density at radius 2 is 1.77 bits per heavy atom. The predicted molar refractivity (Wildman–Crippen MR) is 134 cm³/mol. The molecule has 0 bridgehead atoms. The van der Waals surface area contributed by atoms with Crippen molar-refractivity contribution in [2.45, 2.75) is 11.3 Å². The van der Waals surface area contributed by atoms with E-state index in [1.807, 2.05) is 13.0 Å². The summed E-state index contributed by atoms with van der Waals surface area (Å²) in [4.78, 5) is 12.4. The molecule has 0 fully saturated rings. The molecule has 0 aliphatic carbocycles. The number of carbonyl (C=O) groups excluding carboxylic acids is 1. The third kappa shape index (κ3) is 6.07. The minimum absolute atomic E-state index is 0.0378. The number of carbonyl (C=O) groups is 1. The number of sulfonamides is 1. The van der Waals surface area contributed by atoms with Crippen molar-refractivity contribution in [2.24, 2.45) is 0 Å². The number of hydrogen-bond donors (Lipinski definition) is 2. The van der Waals surface area contributed by atoms with Gasteiger partial charge in [0.2, 0.25) is 5.13 Å². The van der Waals surface area contributed by atoms with E-state index in [0.29, 0.717) is 33.4 Å². The van der Waals surface area contributed by atoms with Crippen molar-refractivity contribution in [3.8, 4) is 17.2 Å². The molecule has 12 heteroatoms. The Morgan fingerprint density at radius 1 is 1.00 bits per heavy atom. The van der Waals surface area contributed by atoms with E-state index in [2.05, 4.69) is 20.2 Å². The summed E-state index contributed by atoms with van der Waals surface area (Å²) in [6.07, 6.45) is 0. The fourth-order valence-corrected chi connectivity index (χ4v) is 5.11. The number of benzene rings is 3. The minimum Gasteiger partial charge on any atom is -0.497 e. The van der Waals surface area contributed by atoms with Gasteiger partial charge in [-0.1, -0.05) is 46.7 Å². The molecule has 1 heterocycles. The number of amides is 1. The standard InChI is InChI=1S/C23H19ClN4O5S2/c1-14-5-3-6-15(11-14)21(29)25-22-26-27-23(34-22)35(30,31)28-19-12-16(24)9-10-20(19)33-18-8-4-7-17(13-18)32-2/h3-13,28H,1-2H3,(H,25,26,29). The van der Waals surface area contributed by atoms with Gasteiger partial charge >= 0.3 is 0 Å². The number of aromatic nitrogens is 2. The van der Waals surface area contributed by atoms with Crippen LogP contribution in [0.25, 0.3) is 0 Å². The first-order valence-electron chi connectivity index (χ1n) is 10.1. The van der Waals surface area contributed by atoms with Gasteiger partial charge in [0.15, 0.2) is 5.75 Å². The zero-order valence-corrected chi connectivity index (χ0v) is 20.9. The van der Waals surface area contributed by atoms with E-state index in [-0.39, 0.29) is 20.9 Å². The first-order valence-corrected chi connectivity index (χ1v) is 12.8. The molecule has 35 heavy (non-hydrogen) atoms. The Labute approximate surface area is 210 Å². The summed E-state index contributed by atoms with van der Waals surface area (Å²) in [5.41, 5.74) is 1.43. The molecule has 9 nitrogen and oxygen atoms in total. The van der Waals surface area contributed by atoms with Crippen molar-refractivity contribution in [1.29, 1.82) is 0 Å². The van der Waals surface area contributed by atoms with Crippen LogP contribution in [0.5, 0.6) is 17.2 Å². The van der Waals surface area contributed by atoms with Crippen LogP contribution in [-0.2, 0) is 10.0 Å². The number of anilines is 2. The average molecular weight is 531 g/mol. The largest absolute Gasteiger partial charge is 0.497 e. The van der Waals surface area contributed by atoms with E-state index in [0.717, 1.165) is 5.56 Å². The van der Waals surface area contributed by atoms with Crippen molar-refractivity contribution >= 4 is 49.7 Å². The van der Waals surface area contributed by atoms with E-state index in [1.54, 1.807) is 48.5 Å². The first kappa shape index (κ1) is 24.5. The summed E-state index contributed by atoms with van der Waals surface area (Å²) in [6.45, 7) is 1.86. The van der Waals surface area contributed by atoms with Crippen molar-refractivity contribution in [1.82, 2.24) is 10.2 Å². The fraction of sp³-hybridized carbons (Fsp3) is 0.0870. The van der Waals surface area contributed by atoms with Gasteiger partial charge in [0.05, 0.1) is 12.8 Å². The van der Waals surface area contributed by atoms with Crippen LogP contribution >= 0.6 is 22.9 Å². The second-order valence-electron chi connectivity index (χ2n) is 7.22. The van der Waals surface area contributed by atoms with E-state index >= 15 is 0 Å². The molecule has 0 radical (unpaired) electrons. The van der Waals surface area contributed by atoms with Crippen LogP contribution < -0.4 is 19.5 Å². The maximum absolute atomic E-state index is 13.0. The van der Waals surface area contributed by atoms with Gasteiger partial charge in [0.1, 0.15) is 11.5 Å². The van der Waals surface area contributed by atoms with Crippen LogP contribution in [0.4, 0.5) is 10.8 Å². The van der Waals surface area contributed by atoms with Crippen molar-refractivity contribution in [3.05, 3.63) is 82.9 Å². The van der Waals surface area contributed by atoms with Crippen LogP contribution in [0.3, 0.4) is 0 Å². The smallest absolute Gasteiger partial charge is 0.291 e. The van der Waals surface area contributed by atoms with E-state index < -0.39 is 15.9 Å². The summed E-state index contributed by atoms with van der Waals surface area (Å²) in [5, 5.41) is 10.4. The maximum Gasteiger partial charge on any atom is 0.291 e. The highest BCUT2D eigenvalue weighted by molar-refractivity contribution is 7.94. The fourth-order valence-electron chi connectivity index (χ4n) is 2.98. The molecular weight excluding hydrogens is 512 g/mol. The number of hydrogen-bond acceptors (Lipinski definition) is 8. The van der Waals surface area contributed by atoms with E-state index in [1.165, 1.54) is 19.2 Å². The van der Waals surface area contributed by atoms with Crippen LogP contribution in [0.2, 0.25) is 5.02 Å². The molecule has 0 spiro atoms. The number of nitrogens with zero attached hydrogens (tertiary/aromatic N) is 2. The molecule has 3 aromatic carbocycles. The lowest BCUT2D eigenvalue weighted by molar-refractivity contribution is 0.102. The Morgan fingerprint density at radius 3 is 2.54 bits per heavy atom. The molecule has 0 saturated carbocycles. The lowest BCUT2D eigenvalue weighted by atomic mass is 10.1. The summed E-state index contributed by atoms with van der Waals surface area (Å²) in [5.74, 6) is 0.797. The Bertz CT molecular complexity index is 1490. The van der Waals surface area contributed by atoms with Gasteiger partial charge < -0.3 is 9.47 Å². The van der Waals surface area contributed by atoms with Gasteiger partial charge in [-0.05, 0) is 49.4 Å². The van der Waals surface area contributed by atoms with E-state index in [9.17, 15) is 13.2 Å². The van der Waals surface area contributed by atoms with Crippen LogP contribution in [0, 0.1) is 6.92 Å². The third-order valence-electron chi connectivity index (χ3n) is 4.59. The van der Waals surface area contributed by atoms with Crippen LogP contribution in [0.1, 0.15) is 15.9 Å². The summed E-state index contributed by atoms with van der Waals surface area (Å²) >= 11 is 6.80.